The molecule has 2 rings (SSSR count). The van der Waals surface area contributed by atoms with Crippen LogP contribution in [0.15, 0.2) is 30.3 Å². The molecule has 1 N–H and O–H groups in total. The van der Waals surface area contributed by atoms with Gasteiger partial charge in [0.25, 0.3) is 0 Å². The first-order valence-corrected chi connectivity index (χ1v) is 6.79. The van der Waals surface area contributed by atoms with Crippen LogP contribution in [0.3, 0.4) is 0 Å². The van der Waals surface area contributed by atoms with Gasteiger partial charge in [-0.3, -0.25) is 4.90 Å². The summed E-state index contributed by atoms with van der Waals surface area (Å²) >= 11 is 0. The van der Waals surface area contributed by atoms with Crippen LogP contribution in [-0.2, 0) is 16.1 Å². The molecule has 1 heterocycles. The highest BCUT2D eigenvalue weighted by molar-refractivity contribution is 5.80. The number of hydrogen-bond acceptors (Lipinski definition) is 3. The molecule has 0 saturated carbocycles. The molecule has 0 unspecified atom stereocenters. The van der Waals surface area contributed by atoms with Crippen LogP contribution in [0.5, 0.6) is 0 Å². The Bertz CT molecular complexity index is 474. The molecule has 1 aliphatic rings. The monoisotopic (exact) mass is 277 g/mol. The number of aliphatic carboxylic acids is 1. The van der Waals surface area contributed by atoms with E-state index in [0.29, 0.717) is 6.54 Å². The van der Waals surface area contributed by atoms with E-state index >= 15 is 0 Å². The van der Waals surface area contributed by atoms with Gasteiger partial charge in [-0.2, -0.15) is 0 Å². The van der Waals surface area contributed by atoms with Gasteiger partial charge in [0.05, 0.1) is 0 Å². The third-order valence-electron chi connectivity index (χ3n) is 3.63. The van der Waals surface area contributed by atoms with Crippen LogP contribution in [0, 0.1) is 5.92 Å². The second kappa shape index (κ2) is 6.41. The van der Waals surface area contributed by atoms with Crippen molar-refractivity contribution in [3.63, 3.8) is 0 Å². The minimum Gasteiger partial charge on any atom is -0.480 e. The summed E-state index contributed by atoms with van der Waals surface area (Å²) < 4.78 is 5.22. The van der Waals surface area contributed by atoms with Crippen molar-refractivity contribution >= 4 is 12.1 Å². The molecule has 20 heavy (non-hydrogen) atoms. The third kappa shape index (κ3) is 3.29. The number of rotatable bonds is 3. The maximum Gasteiger partial charge on any atom is 0.410 e. The van der Waals surface area contributed by atoms with Crippen molar-refractivity contribution < 1.29 is 19.4 Å². The van der Waals surface area contributed by atoms with Gasteiger partial charge in [-0.25, -0.2) is 9.59 Å². The van der Waals surface area contributed by atoms with Gasteiger partial charge in [0, 0.05) is 6.54 Å². The molecule has 1 saturated heterocycles. The maximum absolute atomic E-state index is 12.1. The van der Waals surface area contributed by atoms with Gasteiger partial charge in [0.15, 0.2) is 0 Å². The molecule has 1 aromatic rings. The molecular weight excluding hydrogens is 258 g/mol. The zero-order chi connectivity index (χ0) is 14.5. The number of hydrogen-bond donors (Lipinski definition) is 1. The molecule has 108 valence electrons. The van der Waals surface area contributed by atoms with Crippen LogP contribution in [0.4, 0.5) is 4.79 Å². The first-order chi connectivity index (χ1) is 9.59. The third-order valence-corrected chi connectivity index (χ3v) is 3.63. The Kier molecular flexibility index (Phi) is 4.61. The highest BCUT2D eigenvalue weighted by Gasteiger charge is 2.37. The fraction of sp³-hybridized carbons (Fsp3) is 0.467. The topological polar surface area (TPSA) is 66.8 Å². The van der Waals surface area contributed by atoms with Gasteiger partial charge in [0.2, 0.25) is 0 Å². The van der Waals surface area contributed by atoms with Crippen LogP contribution in [0.25, 0.3) is 0 Å². The summed E-state index contributed by atoms with van der Waals surface area (Å²) in [4.78, 5) is 24.7. The lowest BCUT2D eigenvalue weighted by molar-refractivity contribution is -0.146. The Morgan fingerprint density at radius 2 is 2.05 bits per heavy atom. The minimum absolute atomic E-state index is 0.0504. The SMILES string of the molecule is C[C@H]1CCCN(C(=O)OCc2ccccc2)[C@@H]1C(=O)O. The largest absolute Gasteiger partial charge is 0.480 e. The van der Waals surface area contributed by atoms with E-state index in [2.05, 4.69) is 0 Å². The average Bonchev–Trinajstić information content (AvgIpc) is 2.45. The van der Waals surface area contributed by atoms with E-state index in [1.165, 1.54) is 4.90 Å². The number of piperidine rings is 1. The highest BCUT2D eigenvalue weighted by atomic mass is 16.6. The van der Waals surface area contributed by atoms with Crippen molar-refractivity contribution in [3.8, 4) is 0 Å². The number of benzene rings is 1. The normalized spacial score (nSPS) is 22.4. The lowest BCUT2D eigenvalue weighted by atomic mass is 9.91. The standard InChI is InChI=1S/C15H19NO4/c1-11-6-5-9-16(13(11)14(17)18)15(19)20-10-12-7-3-2-4-8-12/h2-4,7-8,11,13H,5-6,9-10H2,1H3,(H,17,18)/t11-,13-/m0/s1. The summed E-state index contributed by atoms with van der Waals surface area (Å²) in [5.74, 6) is -1.01. The molecule has 1 fully saturated rings. The average molecular weight is 277 g/mol. The fourth-order valence-corrected chi connectivity index (χ4v) is 2.57. The Labute approximate surface area is 118 Å². The Morgan fingerprint density at radius 1 is 1.35 bits per heavy atom. The number of likely N-dealkylation sites (tertiary alicyclic amines) is 1. The van der Waals surface area contributed by atoms with Gasteiger partial charge >= 0.3 is 12.1 Å². The number of carbonyl (C=O) groups excluding carboxylic acids is 1. The summed E-state index contributed by atoms with van der Waals surface area (Å²) in [6.45, 7) is 2.46. The fourth-order valence-electron chi connectivity index (χ4n) is 2.57. The lowest BCUT2D eigenvalue weighted by Crippen LogP contribution is -2.52. The molecule has 0 aliphatic carbocycles. The smallest absolute Gasteiger partial charge is 0.410 e. The molecule has 1 aliphatic heterocycles. The summed E-state index contributed by atoms with van der Waals surface area (Å²) in [5, 5.41) is 9.26. The Hall–Kier alpha value is -2.04. The van der Waals surface area contributed by atoms with Gasteiger partial charge in [-0.1, -0.05) is 37.3 Å². The van der Waals surface area contributed by atoms with E-state index in [0.717, 1.165) is 18.4 Å². The zero-order valence-corrected chi connectivity index (χ0v) is 11.5. The quantitative estimate of drug-likeness (QED) is 0.921. The summed E-state index contributed by atoms with van der Waals surface area (Å²) in [6, 6.07) is 8.56. The molecule has 5 nitrogen and oxygen atoms in total. The van der Waals surface area contributed by atoms with Crippen LogP contribution in [0.1, 0.15) is 25.3 Å². The van der Waals surface area contributed by atoms with E-state index in [-0.39, 0.29) is 12.5 Å². The van der Waals surface area contributed by atoms with Crippen LogP contribution in [-0.4, -0.2) is 34.7 Å². The first-order valence-electron chi connectivity index (χ1n) is 6.79. The van der Waals surface area contributed by atoms with E-state index in [4.69, 9.17) is 4.74 Å². The van der Waals surface area contributed by atoms with Crippen molar-refractivity contribution in [3.05, 3.63) is 35.9 Å². The predicted octanol–water partition coefficient (Wildman–Crippen LogP) is 2.51. The Morgan fingerprint density at radius 3 is 2.70 bits per heavy atom. The number of nitrogens with zero attached hydrogens (tertiary/aromatic N) is 1. The zero-order valence-electron chi connectivity index (χ0n) is 11.5. The molecular formula is C15H19NO4. The van der Waals surface area contributed by atoms with Gasteiger partial charge < -0.3 is 9.84 Å². The van der Waals surface area contributed by atoms with E-state index < -0.39 is 18.1 Å². The molecule has 5 heteroatoms. The number of ether oxygens (including phenoxy) is 1. The Balaban J connectivity index is 1.98. The molecule has 2 atom stereocenters. The number of amides is 1. The van der Waals surface area contributed by atoms with E-state index in [1.54, 1.807) is 0 Å². The van der Waals surface area contributed by atoms with Crippen LogP contribution < -0.4 is 0 Å². The second-order valence-corrected chi connectivity index (χ2v) is 5.14. The van der Waals surface area contributed by atoms with Gasteiger partial charge in [-0.15, -0.1) is 0 Å². The molecule has 0 spiro atoms. The van der Waals surface area contributed by atoms with E-state index in [9.17, 15) is 14.7 Å². The van der Waals surface area contributed by atoms with Crippen molar-refractivity contribution in [2.75, 3.05) is 6.54 Å². The van der Waals surface area contributed by atoms with Gasteiger partial charge in [0.1, 0.15) is 12.6 Å². The molecule has 0 bridgehead atoms. The number of carbonyl (C=O) groups is 2. The first kappa shape index (κ1) is 14.4. The summed E-state index contributed by atoms with van der Waals surface area (Å²) in [5.41, 5.74) is 0.887. The van der Waals surface area contributed by atoms with E-state index in [1.807, 2.05) is 37.3 Å². The van der Waals surface area contributed by atoms with Crippen LogP contribution >= 0.6 is 0 Å². The molecule has 1 aromatic carbocycles. The number of carboxylic acids is 1. The van der Waals surface area contributed by atoms with Gasteiger partial charge in [-0.05, 0) is 24.3 Å². The molecule has 0 aromatic heterocycles. The highest BCUT2D eigenvalue weighted by Crippen LogP contribution is 2.24. The second-order valence-electron chi connectivity index (χ2n) is 5.14. The minimum atomic E-state index is -0.964. The maximum atomic E-state index is 12.1. The molecule has 0 radical (unpaired) electrons. The van der Waals surface area contributed by atoms with Crippen molar-refractivity contribution in [2.24, 2.45) is 5.92 Å². The lowest BCUT2D eigenvalue weighted by Gasteiger charge is -2.36. The van der Waals surface area contributed by atoms with Crippen LogP contribution in [0.2, 0.25) is 0 Å². The summed E-state index contributed by atoms with van der Waals surface area (Å²) in [7, 11) is 0. The van der Waals surface area contributed by atoms with Crippen molar-refractivity contribution in [1.82, 2.24) is 4.90 Å². The predicted molar refractivity (Wildman–Crippen MR) is 73.2 cm³/mol. The number of carboxylic acid groups (broad SMARTS) is 1. The van der Waals surface area contributed by atoms with Crippen molar-refractivity contribution in [1.29, 1.82) is 0 Å². The molecule has 1 amide bonds. The summed E-state index contributed by atoms with van der Waals surface area (Å²) in [6.07, 6.45) is 1.08. The van der Waals surface area contributed by atoms with Crippen molar-refractivity contribution in [2.45, 2.75) is 32.4 Å².